The van der Waals surface area contributed by atoms with Gasteiger partial charge in [-0.1, -0.05) is 36.4 Å². The molecule has 0 bridgehead atoms. The molecular formula is C24H26N6. The van der Waals surface area contributed by atoms with Crippen molar-refractivity contribution < 1.29 is 0 Å². The van der Waals surface area contributed by atoms with Crippen molar-refractivity contribution in [3.8, 4) is 5.69 Å². The summed E-state index contributed by atoms with van der Waals surface area (Å²) in [4.78, 5) is 7.48. The number of piperidine rings is 1. The zero-order valence-corrected chi connectivity index (χ0v) is 17.0. The van der Waals surface area contributed by atoms with Crippen molar-refractivity contribution in [2.75, 3.05) is 18.0 Å². The molecule has 6 nitrogen and oxygen atoms in total. The van der Waals surface area contributed by atoms with Crippen LogP contribution in [0.3, 0.4) is 0 Å². The molecule has 1 N–H and O–H groups in total. The quantitative estimate of drug-likeness (QED) is 0.530. The molecule has 30 heavy (non-hydrogen) atoms. The summed E-state index contributed by atoms with van der Waals surface area (Å²) in [5, 5.41) is 13.2. The summed E-state index contributed by atoms with van der Waals surface area (Å²) >= 11 is 0. The van der Waals surface area contributed by atoms with E-state index in [1.165, 1.54) is 30.2 Å². The van der Waals surface area contributed by atoms with Crippen molar-refractivity contribution in [3.63, 3.8) is 0 Å². The van der Waals surface area contributed by atoms with E-state index in [0.29, 0.717) is 6.54 Å². The summed E-state index contributed by atoms with van der Waals surface area (Å²) in [6, 6.07) is 20.8. The van der Waals surface area contributed by atoms with E-state index in [1.54, 1.807) is 6.33 Å². The molecule has 1 saturated heterocycles. The van der Waals surface area contributed by atoms with Gasteiger partial charge in [-0.05, 0) is 43.5 Å². The van der Waals surface area contributed by atoms with Gasteiger partial charge < -0.3 is 10.2 Å². The van der Waals surface area contributed by atoms with E-state index in [-0.39, 0.29) is 0 Å². The highest BCUT2D eigenvalue weighted by Crippen LogP contribution is 2.26. The molecule has 1 aliphatic heterocycles. The average Bonchev–Trinajstić information content (AvgIpc) is 3.28. The lowest BCUT2D eigenvalue weighted by atomic mass is 10.1. The molecule has 0 unspecified atom stereocenters. The molecular weight excluding hydrogens is 372 g/mol. The molecule has 0 saturated carbocycles. The predicted octanol–water partition coefficient (Wildman–Crippen LogP) is 4.10. The van der Waals surface area contributed by atoms with Crippen molar-refractivity contribution in [3.05, 3.63) is 78.4 Å². The van der Waals surface area contributed by atoms with Gasteiger partial charge in [0.25, 0.3) is 0 Å². The minimum absolute atomic E-state index is 0.640. The molecule has 6 heteroatoms. The Morgan fingerprint density at radius 1 is 0.867 bits per heavy atom. The van der Waals surface area contributed by atoms with E-state index in [1.807, 2.05) is 22.8 Å². The summed E-state index contributed by atoms with van der Waals surface area (Å²) in [7, 11) is 0. The maximum Gasteiger partial charge on any atom is 0.151 e. The first-order chi connectivity index (χ1) is 14.9. The Balaban J connectivity index is 1.37. The van der Waals surface area contributed by atoms with Gasteiger partial charge in [0.15, 0.2) is 5.82 Å². The van der Waals surface area contributed by atoms with Crippen LogP contribution in [0.4, 0.5) is 5.82 Å². The Hall–Kier alpha value is -3.25. The Morgan fingerprint density at radius 2 is 1.67 bits per heavy atom. The zero-order valence-electron chi connectivity index (χ0n) is 17.0. The highest BCUT2D eigenvalue weighted by Gasteiger charge is 2.17. The molecule has 0 atom stereocenters. The van der Waals surface area contributed by atoms with Gasteiger partial charge in [-0.15, -0.1) is 10.2 Å². The van der Waals surface area contributed by atoms with E-state index >= 15 is 0 Å². The first-order valence-corrected chi connectivity index (χ1v) is 10.7. The Bertz CT molecular complexity index is 1110. The number of fused-ring (bicyclic) bond motifs is 1. The molecule has 152 valence electrons. The number of hydrogen-bond acceptors (Lipinski definition) is 5. The van der Waals surface area contributed by atoms with Gasteiger partial charge in [0.1, 0.15) is 12.1 Å². The minimum atomic E-state index is 0.640. The Morgan fingerprint density at radius 3 is 2.53 bits per heavy atom. The van der Waals surface area contributed by atoms with Crippen LogP contribution in [0.2, 0.25) is 0 Å². The standard InChI is InChI=1S/C24H26N6/c1-3-10-21(11-4-1)30-18-26-28-23(30)17-25-16-20-15-19-9-5-6-12-22(19)27-24(20)29-13-7-2-8-14-29/h1,3-6,9-12,15,18,25H,2,7-8,13-14,16-17H2. The molecule has 0 amide bonds. The topological polar surface area (TPSA) is 58.9 Å². The van der Waals surface area contributed by atoms with Crippen LogP contribution in [-0.4, -0.2) is 32.8 Å². The first-order valence-electron chi connectivity index (χ1n) is 10.7. The highest BCUT2D eigenvalue weighted by molar-refractivity contribution is 5.81. The van der Waals surface area contributed by atoms with Gasteiger partial charge in [0.05, 0.1) is 12.1 Å². The van der Waals surface area contributed by atoms with E-state index in [9.17, 15) is 0 Å². The van der Waals surface area contributed by atoms with E-state index in [4.69, 9.17) is 4.98 Å². The number of nitrogens with zero attached hydrogens (tertiary/aromatic N) is 5. The molecule has 3 heterocycles. The van der Waals surface area contributed by atoms with Gasteiger partial charge in [0, 0.05) is 36.3 Å². The molecule has 4 aromatic rings. The summed E-state index contributed by atoms with van der Waals surface area (Å²) in [6.07, 6.45) is 5.55. The minimum Gasteiger partial charge on any atom is -0.356 e. The second-order valence-electron chi connectivity index (χ2n) is 7.77. The fourth-order valence-corrected chi connectivity index (χ4v) is 4.15. The molecule has 0 aliphatic carbocycles. The van der Waals surface area contributed by atoms with Crippen LogP contribution in [0.1, 0.15) is 30.7 Å². The van der Waals surface area contributed by atoms with Gasteiger partial charge >= 0.3 is 0 Å². The molecule has 5 rings (SSSR count). The van der Waals surface area contributed by atoms with Crippen molar-refractivity contribution in [1.29, 1.82) is 0 Å². The highest BCUT2D eigenvalue weighted by atomic mass is 15.3. The third-order valence-corrected chi connectivity index (χ3v) is 5.69. The predicted molar refractivity (Wildman–Crippen MR) is 120 cm³/mol. The van der Waals surface area contributed by atoms with Crippen molar-refractivity contribution >= 4 is 16.7 Å². The lowest BCUT2D eigenvalue weighted by Crippen LogP contribution is -2.31. The van der Waals surface area contributed by atoms with Crippen molar-refractivity contribution in [2.24, 2.45) is 0 Å². The van der Waals surface area contributed by atoms with Gasteiger partial charge in [0.2, 0.25) is 0 Å². The summed E-state index contributed by atoms with van der Waals surface area (Å²) in [5.74, 6) is 2.01. The third kappa shape index (κ3) is 3.91. The second kappa shape index (κ2) is 8.63. The number of nitrogens with one attached hydrogen (secondary N) is 1. The first kappa shape index (κ1) is 18.8. The number of hydrogen-bond donors (Lipinski definition) is 1. The Labute approximate surface area is 176 Å². The van der Waals surface area contributed by atoms with E-state index < -0.39 is 0 Å². The fourth-order valence-electron chi connectivity index (χ4n) is 4.15. The lowest BCUT2D eigenvalue weighted by molar-refractivity contribution is 0.569. The number of aromatic nitrogens is 4. The Kier molecular flexibility index (Phi) is 5.40. The number of rotatable bonds is 6. The summed E-state index contributed by atoms with van der Waals surface area (Å²) in [5.41, 5.74) is 3.37. The van der Waals surface area contributed by atoms with Crippen molar-refractivity contribution in [1.82, 2.24) is 25.1 Å². The van der Waals surface area contributed by atoms with Crippen LogP contribution in [0.25, 0.3) is 16.6 Å². The lowest BCUT2D eigenvalue weighted by Gasteiger charge is -2.30. The number of para-hydroxylation sites is 2. The smallest absolute Gasteiger partial charge is 0.151 e. The van der Waals surface area contributed by atoms with Gasteiger partial charge in [-0.2, -0.15) is 0 Å². The maximum atomic E-state index is 5.03. The average molecular weight is 399 g/mol. The normalized spacial score (nSPS) is 14.3. The van der Waals surface area contributed by atoms with Crippen LogP contribution in [0.15, 0.2) is 67.0 Å². The number of anilines is 1. The molecule has 2 aromatic carbocycles. The number of benzene rings is 2. The summed E-state index contributed by atoms with van der Waals surface area (Å²) in [6.45, 7) is 3.55. The molecule has 0 spiro atoms. The molecule has 1 fully saturated rings. The second-order valence-corrected chi connectivity index (χ2v) is 7.77. The van der Waals surface area contributed by atoms with Gasteiger partial charge in [-0.25, -0.2) is 4.98 Å². The maximum absolute atomic E-state index is 5.03. The molecule has 2 aromatic heterocycles. The SMILES string of the molecule is c1ccc(-n2cnnc2CNCc2cc3ccccc3nc2N2CCCCC2)cc1. The summed E-state index contributed by atoms with van der Waals surface area (Å²) < 4.78 is 2.02. The monoisotopic (exact) mass is 398 g/mol. The van der Waals surface area contributed by atoms with Crippen LogP contribution in [0, 0.1) is 0 Å². The number of pyridine rings is 1. The van der Waals surface area contributed by atoms with Gasteiger partial charge in [-0.3, -0.25) is 4.57 Å². The van der Waals surface area contributed by atoms with E-state index in [0.717, 1.165) is 42.5 Å². The van der Waals surface area contributed by atoms with Crippen molar-refractivity contribution in [2.45, 2.75) is 32.4 Å². The zero-order chi connectivity index (χ0) is 20.2. The fraction of sp³-hybridized carbons (Fsp3) is 0.292. The molecule has 1 aliphatic rings. The largest absolute Gasteiger partial charge is 0.356 e. The van der Waals surface area contributed by atoms with Crippen LogP contribution in [-0.2, 0) is 13.1 Å². The van der Waals surface area contributed by atoms with Crippen LogP contribution >= 0.6 is 0 Å². The third-order valence-electron chi connectivity index (χ3n) is 5.69. The van der Waals surface area contributed by atoms with Crippen LogP contribution < -0.4 is 10.2 Å². The van der Waals surface area contributed by atoms with Crippen LogP contribution in [0.5, 0.6) is 0 Å². The van der Waals surface area contributed by atoms with E-state index in [2.05, 4.69) is 62.9 Å². The molecule has 0 radical (unpaired) electrons.